The monoisotopic (exact) mass is 360 g/mol. The van der Waals surface area contributed by atoms with Gasteiger partial charge in [0.05, 0.1) is 6.26 Å². The van der Waals surface area contributed by atoms with E-state index >= 15 is 0 Å². The van der Waals surface area contributed by atoms with E-state index in [9.17, 15) is 0 Å². The van der Waals surface area contributed by atoms with Gasteiger partial charge in [-0.05, 0) is 31.9 Å². The molecular formula is C20H32N4O2. The topological polar surface area (TPSA) is 53.2 Å². The number of hydrogen-bond donors (Lipinski definition) is 1. The Kier molecular flexibility index (Phi) is 7.58. The Morgan fingerprint density at radius 3 is 3.04 bits per heavy atom. The molecule has 3 rings (SSSR count). The van der Waals surface area contributed by atoms with Gasteiger partial charge in [-0.3, -0.25) is 9.89 Å². The highest BCUT2D eigenvalue weighted by atomic mass is 16.5. The molecule has 0 aliphatic carbocycles. The minimum absolute atomic E-state index is 0.630. The van der Waals surface area contributed by atoms with E-state index in [1.165, 1.54) is 6.42 Å². The Bertz CT molecular complexity index is 562. The van der Waals surface area contributed by atoms with Gasteiger partial charge in [0.1, 0.15) is 5.76 Å². The first-order valence-corrected chi connectivity index (χ1v) is 9.89. The van der Waals surface area contributed by atoms with Gasteiger partial charge < -0.3 is 19.4 Å². The van der Waals surface area contributed by atoms with E-state index in [2.05, 4.69) is 27.3 Å². The summed E-state index contributed by atoms with van der Waals surface area (Å²) in [6, 6.07) is 4.59. The second kappa shape index (κ2) is 10.4. The van der Waals surface area contributed by atoms with Crippen molar-refractivity contribution in [3.8, 4) is 0 Å². The number of ether oxygens (including phenoxy) is 1. The van der Waals surface area contributed by atoms with Crippen LogP contribution in [0.1, 0.15) is 25.5 Å². The van der Waals surface area contributed by atoms with Crippen LogP contribution in [-0.4, -0.2) is 74.3 Å². The molecule has 144 valence electrons. The minimum atomic E-state index is 0.630. The molecular weight excluding hydrogens is 328 g/mol. The largest absolute Gasteiger partial charge is 0.469 e. The Hall–Kier alpha value is -1.79. The third-order valence-electron chi connectivity index (χ3n) is 4.97. The lowest BCUT2D eigenvalue weighted by atomic mass is 10.2. The molecule has 0 saturated carbocycles. The van der Waals surface area contributed by atoms with Gasteiger partial charge >= 0.3 is 0 Å². The molecule has 0 spiro atoms. The molecule has 0 bridgehead atoms. The molecule has 1 N–H and O–H groups in total. The molecule has 1 atom stereocenters. The van der Waals surface area contributed by atoms with Gasteiger partial charge in [0.25, 0.3) is 0 Å². The van der Waals surface area contributed by atoms with Crippen LogP contribution >= 0.6 is 0 Å². The van der Waals surface area contributed by atoms with E-state index in [4.69, 9.17) is 14.1 Å². The summed E-state index contributed by atoms with van der Waals surface area (Å²) in [5, 5.41) is 3.54. The average Bonchev–Trinajstić information content (AvgIpc) is 3.41. The van der Waals surface area contributed by atoms with Gasteiger partial charge in [-0.15, -0.1) is 0 Å². The van der Waals surface area contributed by atoms with Crippen molar-refractivity contribution in [2.24, 2.45) is 4.99 Å². The van der Waals surface area contributed by atoms with Crippen molar-refractivity contribution in [2.75, 3.05) is 52.5 Å². The van der Waals surface area contributed by atoms with E-state index in [0.717, 1.165) is 77.0 Å². The molecule has 1 unspecified atom stereocenters. The van der Waals surface area contributed by atoms with Crippen molar-refractivity contribution in [3.05, 3.63) is 36.3 Å². The van der Waals surface area contributed by atoms with Gasteiger partial charge in [0, 0.05) is 64.9 Å². The molecule has 1 saturated heterocycles. The van der Waals surface area contributed by atoms with Crippen LogP contribution < -0.4 is 5.32 Å². The lowest BCUT2D eigenvalue weighted by Gasteiger charge is -2.25. The molecule has 6 nitrogen and oxygen atoms in total. The highest BCUT2D eigenvalue weighted by Gasteiger charge is 2.29. The van der Waals surface area contributed by atoms with Gasteiger partial charge in [0.15, 0.2) is 5.96 Å². The minimum Gasteiger partial charge on any atom is -0.469 e. The molecule has 0 amide bonds. The number of furan rings is 1. The van der Waals surface area contributed by atoms with Crippen LogP contribution in [0.2, 0.25) is 0 Å². The summed E-state index contributed by atoms with van der Waals surface area (Å²) in [6.07, 6.45) is 9.32. The molecule has 1 fully saturated rings. The maximum atomic E-state index is 5.43. The van der Waals surface area contributed by atoms with Gasteiger partial charge in [0.2, 0.25) is 0 Å². The van der Waals surface area contributed by atoms with Gasteiger partial charge in [-0.2, -0.15) is 0 Å². The summed E-state index contributed by atoms with van der Waals surface area (Å²) in [5.41, 5.74) is 0. The van der Waals surface area contributed by atoms with Crippen LogP contribution in [0.15, 0.2) is 40.0 Å². The molecule has 2 aliphatic rings. The van der Waals surface area contributed by atoms with Crippen LogP contribution in [0.4, 0.5) is 0 Å². The molecule has 26 heavy (non-hydrogen) atoms. The zero-order valence-corrected chi connectivity index (χ0v) is 15.9. The van der Waals surface area contributed by atoms with Crippen molar-refractivity contribution in [1.82, 2.24) is 15.1 Å². The Morgan fingerprint density at radius 1 is 1.38 bits per heavy atom. The van der Waals surface area contributed by atoms with Crippen LogP contribution in [0.25, 0.3) is 0 Å². The number of rotatable bonds is 9. The van der Waals surface area contributed by atoms with E-state index in [0.29, 0.717) is 6.04 Å². The van der Waals surface area contributed by atoms with Crippen LogP contribution in [0.5, 0.6) is 0 Å². The maximum absolute atomic E-state index is 5.43. The lowest BCUT2D eigenvalue weighted by Crippen LogP contribution is -2.43. The van der Waals surface area contributed by atoms with Crippen molar-refractivity contribution in [2.45, 2.75) is 32.2 Å². The fraction of sp³-hybridized carbons (Fsp3) is 0.650. The standard InChI is InChI=1S/C20H32N4O2/c1-2-25-15-6-10-21-20(22-11-8-19-7-5-16-26-19)24-14-9-18(17-24)23-12-3-4-13-23/h3-5,7,16,18H,2,6,8-15,17H2,1H3,(H,21,22). The van der Waals surface area contributed by atoms with Crippen molar-refractivity contribution in [3.63, 3.8) is 0 Å². The van der Waals surface area contributed by atoms with Crippen LogP contribution in [-0.2, 0) is 11.2 Å². The predicted molar refractivity (Wildman–Crippen MR) is 105 cm³/mol. The third kappa shape index (κ3) is 5.61. The second-order valence-electron chi connectivity index (χ2n) is 6.83. The normalized spacial score (nSPS) is 21.0. The summed E-state index contributed by atoms with van der Waals surface area (Å²) < 4.78 is 10.9. The fourth-order valence-electron chi connectivity index (χ4n) is 3.54. The lowest BCUT2D eigenvalue weighted by molar-refractivity contribution is 0.146. The Labute approximate surface area is 156 Å². The first-order valence-electron chi connectivity index (χ1n) is 9.89. The number of hydrogen-bond acceptors (Lipinski definition) is 4. The average molecular weight is 361 g/mol. The van der Waals surface area contributed by atoms with Crippen LogP contribution in [0, 0.1) is 0 Å². The number of aliphatic imine (C=N–C) groups is 1. The zero-order chi connectivity index (χ0) is 18.0. The molecule has 6 heteroatoms. The molecule has 1 aromatic heterocycles. The zero-order valence-electron chi connectivity index (χ0n) is 15.9. The number of likely N-dealkylation sites (tertiary alicyclic amines) is 1. The van der Waals surface area contributed by atoms with E-state index < -0.39 is 0 Å². The first kappa shape index (κ1) is 19.0. The van der Waals surface area contributed by atoms with E-state index in [1.807, 2.05) is 19.1 Å². The number of nitrogens with one attached hydrogen (secondary N) is 1. The van der Waals surface area contributed by atoms with E-state index in [1.54, 1.807) is 6.26 Å². The van der Waals surface area contributed by atoms with Gasteiger partial charge in [-0.1, -0.05) is 12.2 Å². The fourth-order valence-corrected chi connectivity index (χ4v) is 3.54. The summed E-state index contributed by atoms with van der Waals surface area (Å²) >= 11 is 0. The number of nitrogens with zero attached hydrogens (tertiary/aromatic N) is 3. The SMILES string of the molecule is CCOCCCN=C(NCCc1ccco1)N1CCC(N2CC=CC2)C1. The highest BCUT2D eigenvalue weighted by molar-refractivity contribution is 5.80. The Balaban J connectivity index is 1.50. The molecule has 0 aromatic carbocycles. The molecule has 3 heterocycles. The van der Waals surface area contributed by atoms with Crippen LogP contribution in [0.3, 0.4) is 0 Å². The van der Waals surface area contributed by atoms with Crippen molar-refractivity contribution < 1.29 is 9.15 Å². The summed E-state index contributed by atoms with van der Waals surface area (Å²) in [5.74, 6) is 2.04. The number of guanidine groups is 1. The highest BCUT2D eigenvalue weighted by Crippen LogP contribution is 2.18. The Morgan fingerprint density at radius 2 is 2.27 bits per heavy atom. The second-order valence-corrected chi connectivity index (χ2v) is 6.83. The first-order chi connectivity index (χ1) is 12.9. The van der Waals surface area contributed by atoms with Gasteiger partial charge in [-0.25, -0.2) is 0 Å². The molecule has 2 aliphatic heterocycles. The summed E-state index contributed by atoms with van der Waals surface area (Å²) in [7, 11) is 0. The predicted octanol–water partition coefficient (Wildman–Crippen LogP) is 2.14. The molecule has 0 radical (unpaired) electrons. The smallest absolute Gasteiger partial charge is 0.193 e. The van der Waals surface area contributed by atoms with Crippen molar-refractivity contribution in [1.29, 1.82) is 0 Å². The van der Waals surface area contributed by atoms with Crippen molar-refractivity contribution >= 4 is 5.96 Å². The maximum Gasteiger partial charge on any atom is 0.193 e. The summed E-state index contributed by atoms with van der Waals surface area (Å²) in [6.45, 7) is 9.52. The molecule has 1 aromatic rings. The van der Waals surface area contributed by atoms with E-state index in [-0.39, 0.29) is 0 Å². The quantitative estimate of drug-likeness (QED) is 0.316. The summed E-state index contributed by atoms with van der Waals surface area (Å²) in [4.78, 5) is 9.80. The third-order valence-corrected chi connectivity index (χ3v) is 4.97.